The first kappa shape index (κ1) is 26.9. The van der Waals surface area contributed by atoms with Crippen molar-refractivity contribution in [2.75, 3.05) is 5.73 Å². The number of nitrogens with two attached hydrogens (primary N) is 1. The number of fused-ring (bicyclic) bond motifs is 2. The minimum absolute atomic E-state index is 0.0352. The van der Waals surface area contributed by atoms with Crippen LogP contribution in [-0.4, -0.2) is 35.3 Å². The molecule has 0 aliphatic rings. The van der Waals surface area contributed by atoms with Crippen LogP contribution in [0.15, 0.2) is 108 Å². The van der Waals surface area contributed by atoms with Crippen LogP contribution in [0.4, 0.5) is 5.82 Å². The normalized spacial score (nSPS) is 13.6. The zero-order valence-corrected chi connectivity index (χ0v) is 22.6. The number of aliphatic hydroxyl groups excluding tert-OH is 2. The van der Waals surface area contributed by atoms with E-state index >= 15 is 0 Å². The molecule has 10 nitrogen and oxygen atoms in total. The van der Waals surface area contributed by atoms with Crippen LogP contribution in [0.2, 0.25) is 0 Å². The number of hydrogen-bond acceptors (Lipinski definition) is 7. The third-order valence-corrected chi connectivity index (χ3v) is 7.32. The van der Waals surface area contributed by atoms with Gasteiger partial charge in [-0.2, -0.15) is 0 Å². The number of amides is 1. The molecule has 0 spiro atoms. The molecule has 5 N–H and O–H groups in total. The molecule has 0 aliphatic carbocycles. The summed E-state index contributed by atoms with van der Waals surface area (Å²) in [5.41, 5.74) is 8.02. The Kier molecular flexibility index (Phi) is 6.99. The summed E-state index contributed by atoms with van der Waals surface area (Å²) in [6.07, 6.45) is 0.593. The maximum absolute atomic E-state index is 14.3. The third kappa shape index (κ3) is 4.68. The van der Waals surface area contributed by atoms with Crippen molar-refractivity contribution in [1.29, 1.82) is 0 Å². The van der Waals surface area contributed by atoms with E-state index in [1.54, 1.807) is 86.0 Å². The molecule has 1 amide bonds. The first-order valence-electron chi connectivity index (χ1n) is 13.4. The van der Waals surface area contributed by atoms with Gasteiger partial charge in [-0.15, -0.1) is 5.10 Å². The summed E-state index contributed by atoms with van der Waals surface area (Å²) in [5.74, 6) is -0.455. The van der Waals surface area contributed by atoms with Crippen LogP contribution in [0.5, 0.6) is 0 Å². The molecule has 3 atom stereocenters. The van der Waals surface area contributed by atoms with Crippen molar-refractivity contribution in [3.8, 4) is 5.69 Å². The molecule has 0 radical (unpaired) electrons. The zero-order valence-electron chi connectivity index (χ0n) is 22.6. The van der Waals surface area contributed by atoms with Gasteiger partial charge in [0.2, 0.25) is 0 Å². The quantitative estimate of drug-likeness (QED) is 0.232. The molecular formula is C32H28N6O4. The minimum Gasteiger partial charge on any atom is -0.385 e. The van der Waals surface area contributed by atoms with Crippen molar-refractivity contribution in [1.82, 2.24) is 24.5 Å². The number of nitrogen functional groups attached to an aromatic ring is 1. The number of hydrogen-bond donors (Lipinski definition) is 4. The maximum Gasteiger partial charge on any atom is 0.263 e. The molecule has 2 unspecified atom stereocenters. The highest BCUT2D eigenvalue weighted by atomic mass is 16.3. The Labute approximate surface area is 240 Å². The standard InChI is InChI=1S/C32H28N6O4/c1-19(35-31(41)26-29(33)36-37-17-9-16-34-30(26)37)24-18-21-12-8-15-23(28(40)27(39)20-10-4-2-5-11-20)25(21)32(42)38(24)22-13-6-3-7-14-22/h2-19,27-28,39-40H,1H3,(H2,33,36)(H,35,41)/t19-,27?,28?/m0/s1. The van der Waals surface area contributed by atoms with Crippen LogP contribution < -0.4 is 16.6 Å². The van der Waals surface area contributed by atoms with Crippen molar-refractivity contribution >= 4 is 28.1 Å². The van der Waals surface area contributed by atoms with E-state index in [1.807, 2.05) is 24.3 Å². The van der Waals surface area contributed by atoms with Gasteiger partial charge < -0.3 is 21.3 Å². The molecule has 0 aliphatic heterocycles. The molecule has 3 aromatic carbocycles. The van der Waals surface area contributed by atoms with Crippen LogP contribution in [0.1, 0.15) is 52.4 Å². The second kappa shape index (κ2) is 10.9. The van der Waals surface area contributed by atoms with Gasteiger partial charge in [-0.1, -0.05) is 66.7 Å². The van der Waals surface area contributed by atoms with Gasteiger partial charge in [0, 0.05) is 23.8 Å². The number of nitrogens with one attached hydrogen (secondary N) is 1. The molecular weight excluding hydrogens is 532 g/mol. The van der Waals surface area contributed by atoms with E-state index in [0.717, 1.165) is 0 Å². The average molecular weight is 561 g/mol. The van der Waals surface area contributed by atoms with Crippen LogP contribution >= 0.6 is 0 Å². The highest BCUT2D eigenvalue weighted by molar-refractivity contribution is 6.04. The number of carbonyl (C=O) groups excluding carboxylic acids is 1. The summed E-state index contributed by atoms with van der Waals surface area (Å²) >= 11 is 0. The lowest BCUT2D eigenvalue weighted by Gasteiger charge is -2.23. The zero-order chi connectivity index (χ0) is 29.4. The summed E-state index contributed by atoms with van der Waals surface area (Å²) in [6, 6.07) is 25.8. The summed E-state index contributed by atoms with van der Waals surface area (Å²) in [7, 11) is 0. The molecule has 10 heteroatoms. The largest absolute Gasteiger partial charge is 0.385 e. The van der Waals surface area contributed by atoms with Gasteiger partial charge in [0.05, 0.1) is 11.4 Å². The molecule has 6 aromatic rings. The molecule has 3 aromatic heterocycles. The Morgan fingerprint density at radius 1 is 0.929 bits per heavy atom. The summed E-state index contributed by atoms with van der Waals surface area (Å²) < 4.78 is 2.94. The molecule has 0 saturated carbocycles. The monoisotopic (exact) mass is 560 g/mol. The van der Waals surface area contributed by atoms with Crippen molar-refractivity contribution in [3.63, 3.8) is 0 Å². The predicted octanol–water partition coefficient (Wildman–Crippen LogP) is 3.87. The van der Waals surface area contributed by atoms with Crippen LogP contribution in [0.25, 0.3) is 22.1 Å². The molecule has 3 heterocycles. The van der Waals surface area contributed by atoms with E-state index in [0.29, 0.717) is 33.5 Å². The van der Waals surface area contributed by atoms with Gasteiger partial charge in [-0.3, -0.25) is 14.2 Å². The topological polar surface area (TPSA) is 148 Å². The first-order chi connectivity index (χ1) is 20.3. The predicted molar refractivity (Wildman–Crippen MR) is 159 cm³/mol. The molecule has 42 heavy (non-hydrogen) atoms. The van der Waals surface area contributed by atoms with E-state index in [2.05, 4.69) is 15.4 Å². The number of aromatic nitrogens is 4. The van der Waals surface area contributed by atoms with E-state index in [4.69, 9.17) is 5.73 Å². The number of rotatable bonds is 7. The summed E-state index contributed by atoms with van der Waals surface area (Å²) in [4.78, 5) is 32.0. The lowest BCUT2D eigenvalue weighted by Crippen LogP contribution is -2.32. The highest BCUT2D eigenvalue weighted by Crippen LogP contribution is 2.33. The fourth-order valence-corrected chi connectivity index (χ4v) is 5.28. The summed E-state index contributed by atoms with van der Waals surface area (Å²) in [6.45, 7) is 1.77. The molecule has 210 valence electrons. The minimum atomic E-state index is -1.36. The lowest BCUT2D eigenvalue weighted by atomic mass is 9.94. The van der Waals surface area contributed by atoms with Gasteiger partial charge in [-0.25, -0.2) is 9.50 Å². The Bertz CT molecular complexity index is 1970. The van der Waals surface area contributed by atoms with Crippen LogP contribution in [0, 0.1) is 0 Å². The van der Waals surface area contributed by atoms with Gasteiger partial charge in [0.1, 0.15) is 17.8 Å². The van der Waals surface area contributed by atoms with Gasteiger partial charge in [-0.05, 0) is 47.7 Å². The third-order valence-electron chi connectivity index (χ3n) is 7.32. The number of pyridine rings is 1. The number of aliphatic hydroxyl groups is 2. The van der Waals surface area contributed by atoms with Crippen molar-refractivity contribution in [2.45, 2.75) is 25.2 Å². The summed E-state index contributed by atoms with van der Waals surface area (Å²) in [5, 5.41) is 30.2. The molecule has 0 saturated heterocycles. The second-order valence-corrected chi connectivity index (χ2v) is 10.0. The van der Waals surface area contributed by atoms with Crippen molar-refractivity contribution in [3.05, 3.63) is 136 Å². The van der Waals surface area contributed by atoms with Crippen molar-refractivity contribution < 1.29 is 15.0 Å². The van der Waals surface area contributed by atoms with Gasteiger partial charge in [0.15, 0.2) is 11.5 Å². The van der Waals surface area contributed by atoms with E-state index in [1.165, 1.54) is 9.08 Å². The van der Waals surface area contributed by atoms with Crippen LogP contribution in [0.3, 0.4) is 0 Å². The Morgan fingerprint density at radius 2 is 1.64 bits per heavy atom. The smallest absolute Gasteiger partial charge is 0.263 e. The van der Waals surface area contributed by atoms with Gasteiger partial charge >= 0.3 is 0 Å². The van der Waals surface area contributed by atoms with Gasteiger partial charge in [0.25, 0.3) is 11.5 Å². The lowest BCUT2D eigenvalue weighted by molar-refractivity contribution is 0.0181. The van der Waals surface area contributed by atoms with Crippen LogP contribution in [-0.2, 0) is 0 Å². The molecule has 6 rings (SSSR count). The highest BCUT2D eigenvalue weighted by Gasteiger charge is 2.27. The molecule has 0 fully saturated rings. The molecule has 0 bridgehead atoms. The second-order valence-electron chi connectivity index (χ2n) is 10.0. The van der Waals surface area contributed by atoms with E-state index in [9.17, 15) is 19.8 Å². The average Bonchev–Trinajstić information content (AvgIpc) is 3.36. The van der Waals surface area contributed by atoms with E-state index < -0.39 is 29.7 Å². The Hall–Kier alpha value is -5.32. The SMILES string of the molecule is C[C@H](NC(=O)c1c(N)nn2cccnc12)c1cc2cccc(C(O)C(O)c3ccccc3)c2c(=O)n1-c1ccccc1. The number of para-hydroxylation sites is 1. The Morgan fingerprint density at radius 3 is 2.38 bits per heavy atom. The Balaban J connectivity index is 1.47. The number of benzene rings is 3. The number of nitrogens with zero attached hydrogens (tertiary/aromatic N) is 4. The fraction of sp³-hybridized carbons (Fsp3) is 0.125. The van der Waals surface area contributed by atoms with Crippen molar-refractivity contribution in [2.24, 2.45) is 0 Å². The number of carbonyl (C=O) groups is 1. The number of anilines is 1. The fourth-order valence-electron chi connectivity index (χ4n) is 5.28. The van der Waals surface area contributed by atoms with E-state index in [-0.39, 0.29) is 16.8 Å². The first-order valence-corrected chi connectivity index (χ1v) is 13.4. The maximum atomic E-state index is 14.3.